The van der Waals surface area contributed by atoms with Gasteiger partial charge in [-0.3, -0.25) is 14.8 Å². The van der Waals surface area contributed by atoms with Crippen molar-refractivity contribution >= 4 is 40.7 Å². The van der Waals surface area contributed by atoms with Gasteiger partial charge >= 0.3 is 0 Å². The molecule has 3 heterocycles. The van der Waals surface area contributed by atoms with E-state index in [1.165, 1.54) is 25.9 Å². The highest BCUT2D eigenvalue weighted by Gasteiger charge is 2.12. The van der Waals surface area contributed by atoms with Crippen LogP contribution in [0, 0.1) is 0 Å². The van der Waals surface area contributed by atoms with Crippen LogP contribution in [0.25, 0.3) is 23.1 Å². The van der Waals surface area contributed by atoms with Crippen molar-refractivity contribution in [1.82, 2.24) is 25.4 Å². The largest absolute Gasteiger partial charge is 0.476 e. The van der Waals surface area contributed by atoms with Gasteiger partial charge in [0.1, 0.15) is 6.61 Å². The number of benzene rings is 2. The number of fused-ring (bicyclic) bond motifs is 1. The Morgan fingerprint density at radius 1 is 1.14 bits per heavy atom. The van der Waals surface area contributed by atoms with Crippen molar-refractivity contribution in [2.75, 3.05) is 33.3 Å². The topological polar surface area (TPSA) is 83.1 Å². The van der Waals surface area contributed by atoms with E-state index in [9.17, 15) is 4.79 Å². The second-order valence-electron chi connectivity index (χ2n) is 8.65. The van der Waals surface area contributed by atoms with Gasteiger partial charge in [-0.05, 0) is 74.0 Å². The van der Waals surface area contributed by atoms with Crippen LogP contribution >= 0.6 is 11.8 Å². The predicted octanol–water partition coefficient (Wildman–Crippen LogP) is 5.11. The summed E-state index contributed by atoms with van der Waals surface area (Å²) < 4.78 is 5.79. The van der Waals surface area contributed by atoms with E-state index in [2.05, 4.69) is 43.6 Å². The number of H-pyrrole nitrogens is 1. The van der Waals surface area contributed by atoms with Crippen LogP contribution in [0.3, 0.4) is 0 Å². The molecule has 8 heteroatoms. The quantitative estimate of drug-likeness (QED) is 0.333. The van der Waals surface area contributed by atoms with Crippen LogP contribution in [0.15, 0.2) is 70.6 Å². The van der Waals surface area contributed by atoms with Crippen molar-refractivity contribution in [3.05, 3.63) is 77.6 Å². The Morgan fingerprint density at radius 3 is 2.81 bits per heavy atom. The summed E-state index contributed by atoms with van der Waals surface area (Å²) in [6.07, 6.45) is 8.38. The number of amides is 1. The predicted molar refractivity (Wildman–Crippen MR) is 144 cm³/mol. The smallest absolute Gasteiger partial charge is 0.252 e. The Balaban J connectivity index is 1.23. The highest BCUT2D eigenvalue weighted by Crippen LogP contribution is 2.33. The molecule has 184 valence electrons. The van der Waals surface area contributed by atoms with E-state index in [4.69, 9.17) is 4.74 Å². The average Bonchev–Trinajstić information content (AvgIpc) is 3.58. The first kappa shape index (κ1) is 24.1. The van der Waals surface area contributed by atoms with Crippen molar-refractivity contribution < 1.29 is 9.53 Å². The van der Waals surface area contributed by atoms with Gasteiger partial charge in [0, 0.05) is 41.0 Å². The first-order valence-corrected chi connectivity index (χ1v) is 13.0. The van der Waals surface area contributed by atoms with Crippen LogP contribution in [0.4, 0.5) is 0 Å². The molecule has 0 atom stereocenters. The highest BCUT2D eigenvalue weighted by molar-refractivity contribution is 7.99. The van der Waals surface area contributed by atoms with Gasteiger partial charge in [-0.1, -0.05) is 30.0 Å². The van der Waals surface area contributed by atoms with Crippen molar-refractivity contribution in [1.29, 1.82) is 0 Å². The van der Waals surface area contributed by atoms with Crippen molar-refractivity contribution in [3.8, 4) is 5.88 Å². The maximum absolute atomic E-state index is 12.2. The number of carbonyl (C=O) groups is 1. The van der Waals surface area contributed by atoms with Gasteiger partial charge < -0.3 is 10.1 Å². The van der Waals surface area contributed by atoms with Crippen LogP contribution in [0.1, 0.15) is 34.5 Å². The van der Waals surface area contributed by atoms with Crippen molar-refractivity contribution in [3.63, 3.8) is 0 Å². The number of aromatic amines is 1. The molecule has 1 fully saturated rings. The summed E-state index contributed by atoms with van der Waals surface area (Å²) in [5, 5.41) is 11.3. The maximum Gasteiger partial charge on any atom is 0.252 e. The van der Waals surface area contributed by atoms with E-state index in [-0.39, 0.29) is 5.91 Å². The molecule has 0 spiro atoms. The summed E-state index contributed by atoms with van der Waals surface area (Å²) in [5.74, 6) is 0.559. The van der Waals surface area contributed by atoms with Crippen molar-refractivity contribution in [2.45, 2.75) is 22.6 Å². The third-order valence-electron chi connectivity index (χ3n) is 6.20. The maximum atomic E-state index is 12.2. The van der Waals surface area contributed by atoms with E-state index in [1.807, 2.05) is 54.7 Å². The lowest BCUT2D eigenvalue weighted by Crippen LogP contribution is -2.25. The summed E-state index contributed by atoms with van der Waals surface area (Å²) in [7, 11) is 1.64. The van der Waals surface area contributed by atoms with Crippen LogP contribution in [-0.4, -0.2) is 59.3 Å². The molecule has 5 rings (SSSR count). The summed E-state index contributed by atoms with van der Waals surface area (Å²) in [5.41, 5.74) is 3.45. The number of ether oxygens (including phenoxy) is 1. The van der Waals surface area contributed by atoms with E-state index >= 15 is 0 Å². The highest BCUT2D eigenvalue weighted by atomic mass is 32.2. The summed E-state index contributed by atoms with van der Waals surface area (Å²) >= 11 is 1.56. The number of likely N-dealkylation sites (tertiary alicyclic amines) is 1. The van der Waals surface area contributed by atoms with Gasteiger partial charge in [0.05, 0.1) is 16.8 Å². The SMILES string of the molecule is CNC(=O)c1ccccc1Sc1ccc2c(/C=C/c3ccc(OCCN4CCCC4)nc3)n[nH]c2c1. The molecular formula is C28H29N5O2S. The third-order valence-corrected chi connectivity index (χ3v) is 7.26. The Bertz CT molecular complexity index is 1360. The Morgan fingerprint density at radius 2 is 2.00 bits per heavy atom. The molecule has 7 nitrogen and oxygen atoms in total. The van der Waals surface area contributed by atoms with Crippen LogP contribution in [-0.2, 0) is 0 Å². The number of hydrogen-bond donors (Lipinski definition) is 2. The van der Waals surface area contributed by atoms with Crippen LogP contribution in [0.2, 0.25) is 0 Å². The number of nitrogens with one attached hydrogen (secondary N) is 2. The first-order valence-electron chi connectivity index (χ1n) is 12.2. The molecule has 36 heavy (non-hydrogen) atoms. The molecule has 2 N–H and O–H groups in total. The number of hydrogen-bond acceptors (Lipinski definition) is 6. The van der Waals surface area contributed by atoms with E-state index in [0.29, 0.717) is 18.1 Å². The fourth-order valence-corrected chi connectivity index (χ4v) is 5.24. The Kier molecular flexibility index (Phi) is 7.64. The molecule has 0 unspecified atom stereocenters. The molecule has 1 saturated heterocycles. The average molecular weight is 500 g/mol. The van der Waals surface area contributed by atoms with Gasteiger partial charge in [-0.15, -0.1) is 0 Å². The zero-order valence-corrected chi connectivity index (χ0v) is 21.1. The molecule has 2 aromatic heterocycles. The monoisotopic (exact) mass is 499 g/mol. The van der Waals surface area contributed by atoms with E-state index in [0.717, 1.165) is 38.5 Å². The molecule has 2 aromatic carbocycles. The summed E-state index contributed by atoms with van der Waals surface area (Å²) in [6.45, 7) is 3.97. The number of carbonyl (C=O) groups excluding carboxylic acids is 1. The molecule has 4 aromatic rings. The van der Waals surface area contributed by atoms with Gasteiger partial charge in [-0.2, -0.15) is 5.10 Å². The lowest BCUT2D eigenvalue weighted by molar-refractivity contribution is 0.0960. The summed E-state index contributed by atoms with van der Waals surface area (Å²) in [6, 6.07) is 17.7. The van der Waals surface area contributed by atoms with Crippen LogP contribution < -0.4 is 10.1 Å². The standard InChI is InChI=1S/C28H29N5O2S/c1-29-28(34)23-6-2-3-7-26(23)36-21-10-11-22-24(31-32-25(22)18-21)12-8-20-9-13-27(30-19-20)35-17-16-33-14-4-5-15-33/h2-3,6-13,18-19H,4-5,14-17H2,1H3,(H,29,34)(H,31,32)/b12-8+. The lowest BCUT2D eigenvalue weighted by atomic mass is 10.2. The fraction of sp³-hybridized carbons (Fsp3) is 0.250. The lowest BCUT2D eigenvalue weighted by Gasteiger charge is -2.14. The zero-order chi connectivity index (χ0) is 24.7. The molecule has 0 aliphatic carbocycles. The molecule has 1 aliphatic heterocycles. The summed E-state index contributed by atoms with van der Waals surface area (Å²) in [4.78, 5) is 21.0. The minimum absolute atomic E-state index is 0.0932. The Hall–Kier alpha value is -3.62. The molecule has 1 aliphatic rings. The minimum Gasteiger partial charge on any atom is -0.476 e. The second kappa shape index (κ2) is 11.4. The van der Waals surface area contributed by atoms with Gasteiger partial charge in [0.2, 0.25) is 5.88 Å². The van der Waals surface area contributed by atoms with Gasteiger partial charge in [0.25, 0.3) is 5.91 Å². The first-order chi connectivity index (χ1) is 17.7. The number of rotatable bonds is 9. The van der Waals surface area contributed by atoms with Crippen molar-refractivity contribution in [2.24, 2.45) is 0 Å². The second-order valence-corrected chi connectivity index (χ2v) is 9.77. The van der Waals surface area contributed by atoms with E-state index < -0.39 is 0 Å². The number of pyridine rings is 1. The minimum atomic E-state index is -0.0932. The third kappa shape index (κ3) is 5.78. The molecular weight excluding hydrogens is 470 g/mol. The number of aromatic nitrogens is 3. The molecule has 0 saturated carbocycles. The molecule has 0 bridgehead atoms. The molecule has 0 radical (unpaired) electrons. The molecule has 1 amide bonds. The zero-order valence-electron chi connectivity index (χ0n) is 20.2. The van der Waals surface area contributed by atoms with E-state index in [1.54, 1.807) is 18.8 Å². The van der Waals surface area contributed by atoms with Gasteiger partial charge in [-0.25, -0.2) is 4.98 Å². The Labute approximate surface area is 215 Å². The number of nitrogens with zero attached hydrogens (tertiary/aromatic N) is 3. The fourth-order valence-electron chi connectivity index (χ4n) is 4.25. The van der Waals surface area contributed by atoms with Gasteiger partial charge in [0.15, 0.2) is 0 Å². The normalized spacial score (nSPS) is 14.0. The van der Waals surface area contributed by atoms with Crippen LogP contribution in [0.5, 0.6) is 5.88 Å².